The molecule has 0 bridgehead atoms. The Morgan fingerprint density at radius 2 is 1.85 bits per heavy atom. The molecule has 5 nitrogen and oxygen atoms in total. The summed E-state index contributed by atoms with van der Waals surface area (Å²) < 4.78 is 1.87. The van der Waals surface area contributed by atoms with Crippen LogP contribution in [0, 0.1) is 0 Å². The van der Waals surface area contributed by atoms with E-state index in [9.17, 15) is 4.79 Å². The van der Waals surface area contributed by atoms with E-state index in [1.54, 1.807) is 4.90 Å². The molecule has 1 aliphatic heterocycles. The zero-order chi connectivity index (χ0) is 14.7. The van der Waals surface area contributed by atoms with Crippen molar-refractivity contribution in [1.82, 2.24) is 14.7 Å². The van der Waals surface area contributed by atoms with E-state index in [1.807, 2.05) is 16.6 Å². The standard InChI is InChI=1S/C15H26N4O/c1-5-12-14(13(6-2)17(4)16-12)15(20)19-10-8-18(7-3)9-11-19/h5-11H2,1-4H3/p+1. The summed E-state index contributed by atoms with van der Waals surface area (Å²) in [4.78, 5) is 16.4. The molecule has 0 atom stereocenters. The minimum atomic E-state index is 0.182. The molecule has 20 heavy (non-hydrogen) atoms. The van der Waals surface area contributed by atoms with Crippen molar-refractivity contribution < 1.29 is 9.69 Å². The lowest BCUT2D eigenvalue weighted by atomic mass is 10.1. The first-order chi connectivity index (χ1) is 9.62. The number of piperazine rings is 1. The molecule has 1 saturated heterocycles. The van der Waals surface area contributed by atoms with Gasteiger partial charge in [-0.2, -0.15) is 5.10 Å². The van der Waals surface area contributed by atoms with Crippen molar-refractivity contribution in [2.24, 2.45) is 7.05 Å². The van der Waals surface area contributed by atoms with E-state index in [-0.39, 0.29) is 5.91 Å². The Labute approximate surface area is 121 Å². The predicted molar refractivity (Wildman–Crippen MR) is 79.1 cm³/mol. The van der Waals surface area contributed by atoms with Gasteiger partial charge < -0.3 is 9.80 Å². The molecule has 5 heteroatoms. The Balaban J connectivity index is 2.21. The van der Waals surface area contributed by atoms with Crippen molar-refractivity contribution in [3.8, 4) is 0 Å². The van der Waals surface area contributed by atoms with Crippen LogP contribution in [0.5, 0.6) is 0 Å². The summed E-state index contributed by atoms with van der Waals surface area (Å²) >= 11 is 0. The molecule has 2 heterocycles. The molecule has 0 aromatic carbocycles. The van der Waals surface area contributed by atoms with Gasteiger partial charge in [0.05, 0.1) is 49.7 Å². The van der Waals surface area contributed by atoms with E-state index in [2.05, 4.69) is 25.9 Å². The van der Waals surface area contributed by atoms with E-state index in [0.29, 0.717) is 0 Å². The second kappa shape index (κ2) is 6.39. The molecule has 1 N–H and O–H groups in total. The average molecular weight is 279 g/mol. The predicted octanol–water partition coefficient (Wildman–Crippen LogP) is -0.0945. The third-order valence-corrected chi connectivity index (χ3v) is 4.38. The number of carbonyl (C=O) groups excluding carboxylic acids is 1. The van der Waals surface area contributed by atoms with E-state index < -0.39 is 0 Å². The number of quaternary nitrogens is 1. The normalized spacial score (nSPS) is 16.7. The third kappa shape index (κ3) is 2.73. The van der Waals surface area contributed by atoms with Crippen molar-refractivity contribution in [3.05, 3.63) is 17.0 Å². The Morgan fingerprint density at radius 3 is 2.35 bits per heavy atom. The zero-order valence-corrected chi connectivity index (χ0v) is 13.2. The third-order valence-electron chi connectivity index (χ3n) is 4.38. The Hall–Kier alpha value is -1.36. The highest BCUT2D eigenvalue weighted by Gasteiger charge is 2.28. The summed E-state index contributed by atoms with van der Waals surface area (Å²) in [5, 5.41) is 4.51. The number of hydrogen-bond donors (Lipinski definition) is 1. The Bertz CT molecular complexity index is 472. The first-order valence-electron chi connectivity index (χ1n) is 7.79. The van der Waals surface area contributed by atoms with Crippen LogP contribution >= 0.6 is 0 Å². The van der Waals surface area contributed by atoms with Crippen LogP contribution in [0.4, 0.5) is 0 Å². The van der Waals surface area contributed by atoms with Gasteiger partial charge in [0.15, 0.2) is 0 Å². The van der Waals surface area contributed by atoms with Crippen molar-refractivity contribution >= 4 is 5.91 Å². The van der Waals surface area contributed by atoms with Crippen LogP contribution in [0.15, 0.2) is 0 Å². The average Bonchev–Trinajstić information content (AvgIpc) is 2.82. The van der Waals surface area contributed by atoms with Crippen LogP contribution in [0.25, 0.3) is 0 Å². The number of rotatable bonds is 4. The summed E-state index contributed by atoms with van der Waals surface area (Å²) in [6, 6.07) is 0. The summed E-state index contributed by atoms with van der Waals surface area (Å²) in [7, 11) is 1.94. The van der Waals surface area contributed by atoms with Gasteiger partial charge in [-0.25, -0.2) is 0 Å². The van der Waals surface area contributed by atoms with Gasteiger partial charge in [0.1, 0.15) is 0 Å². The molecule has 0 aliphatic carbocycles. The minimum absolute atomic E-state index is 0.182. The molecule has 112 valence electrons. The van der Waals surface area contributed by atoms with Gasteiger partial charge in [-0.1, -0.05) is 13.8 Å². The topological polar surface area (TPSA) is 42.6 Å². The first kappa shape index (κ1) is 15.0. The van der Waals surface area contributed by atoms with Gasteiger partial charge in [-0.3, -0.25) is 9.48 Å². The van der Waals surface area contributed by atoms with Gasteiger partial charge in [0.25, 0.3) is 5.91 Å². The lowest BCUT2D eigenvalue weighted by Crippen LogP contribution is -3.14. The molecule has 1 aromatic rings. The number of aryl methyl sites for hydroxylation is 2. The molecule has 1 aliphatic rings. The number of amides is 1. The second-order valence-electron chi connectivity index (χ2n) is 5.49. The van der Waals surface area contributed by atoms with Crippen LogP contribution in [0.3, 0.4) is 0 Å². The quantitative estimate of drug-likeness (QED) is 0.837. The summed E-state index contributed by atoms with van der Waals surface area (Å²) in [6.07, 6.45) is 1.67. The van der Waals surface area contributed by atoms with Crippen LogP contribution in [0.1, 0.15) is 42.5 Å². The highest BCUT2D eigenvalue weighted by molar-refractivity contribution is 5.96. The second-order valence-corrected chi connectivity index (χ2v) is 5.49. The number of likely N-dealkylation sites (N-methyl/N-ethyl adjacent to an activating group) is 1. The highest BCUT2D eigenvalue weighted by Crippen LogP contribution is 2.18. The van der Waals surface area contributed by atoms with Gasteiger partial charge in [0, 0.05) is 7.05 Å². The van der Waals surface area contributed by atoms with Crippen LogP contribution in [0.2, 0.25) is 0 Å². The number of nitrogens with zero attached hydrogens (tertiary/aromatic N) is 3. The number of hydrogen-bond acceptors (Lipinski definition) is 2. The molecular weight excluding hydrogens is 252 g/mol. The lowest BCUT2D eigenvalue weighted by molar-refractivity contribution is -0.902. The van der Waals surface area contributed by atoms with Crippen molar-refractivity contribution in [3.63, 3.8) is 0 Å². The molecule has 1 amide bonds. The molecular formula is C15H27N4O+. The maximum atomic E-state index is 12.8. The van der Waals surface area contributed by atoms with Gasteiger partial charge in [-0.05, 0) is 19.8 Å². The van der Waals surface area contributed by atoms with E-state index in [0.717, 1.165) is 62.5 Å². The van der Waals surface area contributed by atoms with Crippen molar-refractivity contribution in [2.45, 2.75) is 33.6 Å². The van der Waals surface area contributed by atoms with E-state index in [1.165, 1.54) is 0 Å². The fourth-order valence-corrected chi connectivity index (χ4v) is 3.06. The van der Waals surface area contributed by atoms with Gasteiger partial charge in [-0.15, -0.1) is 0 Å². The van der Waals surface area contributed by atoms with Crippen LogP contribution in [-0.4, -0.2) is 53.3 Å². The number of nitrogens with one attached hydrogen (secondary N) is 1. The molecule has 1 aromatic heterocycles. The molecule has 2 rings (SSSR count). The van der Waals surface area contributed by atoms with E-state index >= 15 is 0 Å². The SMILES string of the molecule is CCc1nn(C)c(CC)c1C(=O)N1CC[NH+](CC)CC1. The van der Waals surface area contributed by atoms with Gasteiger partial charge >= 0.3 is 0 Å². The maximum absolute atomic E-state index is 12.8. The minimum Gasteiger partial charge on any atom is -0.332 e. The number of carbonyl (C=O) groups is 1. The van der Waals surface area contributed by atoms with Gasteiger partial charge in [0.2, 0.25) is 0 Å². The lowest BCUT2D eigenvalue weighted by Gasteiger charge is -2.31. The molecule has 0 spiro atoms. The fraction of sp³-hybridized carbons (Fsp3) is 0.733. The summed E-state index contributed by atoms with van der Waals surface area (Å²) in [5.41, 5.74) is 2.87. The van der Waals surface area contributed by atoms with E-state index in [4.69, 9.17) is 0 Å². The molecule has 1 fully saturated rings. The molecule has 0 radical (unpaired) electrons. The summed E-state index contributed by atoms with van der Waals surface area (Å²) in [5.74, 6) is 0.182. The first-order valence-corrected chi connectivity index (χ1v) is 7.79. The zero-order valence-electron chi connectivity index (χ0n) is 13.2. The van der Waals surface area contributed by atoms with Crippen molar-refractivity contribution in [2.75, 3.05) is 32.7 Å². The van der Waals surface area contributed by atoms with Crippen LogP contribution in [-0.2, 0) is 19.9 Å². The maximum Gasteiger partial charge on any atom is 0.258 e. The van der Waals surface area contributed by atoms with Crippen LogP contribution < -0.4 is 4.90 Å². The largest absolute Gasteiger partial charge is 0.332 e. The Kier molecular flexibility index (Phi) is 4.81. The molecule has 0 saturated carbocycles. The Morgan fingerprint density at radius 1 is 1.20 bits per heavy atom. The summed E-state index contributed by atoms with van der Waals surface area (Å²) in [6.45, 7) is 11.4. The smallest absolute Gasteiger partial charge is 0.258 e. The molecule has 0 unspecified atom stereocenters. The monoisotopic (exact) mass is 279 g/mol. The number of aromatic nitrogens is 2. The highest BCUT2D eigenvalue weighted by atomic mass is 16.2. The van der Waals surface area contributed by atoms with Crippen molar-refractivity contribution in [1.29, 1.82) is 0 Å². The fourth-order valence-electron chi connectivity index (χ4n) is 3.06.